The summed E-state index contributed by atoms with van der Waals surface area (Å²) in [5.74, 6) is -1.59. The van der Waals surface area contributed by atoms with Gasteiger partial charge < -0.3 is 0 Å². The first kappa shape index (κ1) is 15.1. The maximum atomic E-state index is 13.3. The average Bonchev–Trinajstić information content (AvgIpc) is 2.35. The van der Waals surface area contributed by atoms with E-state index in [1.165, 1.54) is 18.2 Å². The number of nitrogens with one attached hydrogen (secondary N) is 1. The molecule has 0 aliphatic heterocycles. The van der Waals surface area contributed by atoms with Crippen LogP contribution in [0.4, 0.5) is 4.39 Å². The zero-order valence-electron chi connectivity index (χ0n) is 10.1. The smallest absolute Gasteiger partial charge is 0.235 e. The van der Waals surface area contributed by atoms with E-state index >= 15 is 0 Å². The van der Waals surface area contributed by atoms with Gasteiger partial charge in [-0.3, -0.25) is 9.52 Å². The molecule has 0 saturated carbocycles. The zero-order valence-corrected chi connectivity index (χ0v) is 10.9. The van der Waals surface area contributed by atoms with Crippen molar-refractivity contribution < 1.29 is 17.6 Å². The first-order valence-electron chi connectivity index (χ1n) is 5.58. The summed E-state index contributed by atoms with van der Waals surface area (Å²) >= 11 is 0. The summed E-state index contributed by atoms with van der Waals surface area (Å²) in [4.78, 5) is 11.2. The quantitative estimate of drug-likeness (QED) is 0.848. The molecule has 1 amide bonds. The second-order valence-corrected chi connectivity index (χ2v) is 5.69. The monoisotopic (exact) mass is 284 g/mol. The van der Waals surface area contributed by atoms with E-state index in [9.17, 15) is 17.6 Å². The van der Waals surface area contributed by atoms with Gasteiger partial charge in [-0.05, 0) is 18.1 Å². The van der Waals surface area contributed by atoms with Crippen LogP contribution in [-0.4, -0.2) is 20.1 Å². The van der Waals surface area contributed by atoms with E-state index in [1.54, 1.807) is 12.1 Å². The minimum Gasteiger partial charge on any atom is -0.274 e. The molecule has 1 aromatic rings. The molecule has 0 atom stereocenters. The highest BCUT2D eigenvalue weighted by Gasteiger charge is 2.15. The lowest BCUT2D eigenvalue weighted by atomic mass is 10.2. The molecule has 0 spiro atoms. The Morgan fingerprint density at radius 2 is 2.05 bits per heavy atom. The standard InChI is InChI=1S/C12H13FN2O3S/c13-11-5-2-1-4-10(11)7-9-19(17,18)15-12(16)6-3-8-14/h1-2,4-5H,3,6-7,9H2,(H,15,16). The lowest BCUT2D eigenvalue weighted by molar-refractivity contribution is -0.119. The Kier molecular flexibility index (Phi) is 5.45. The normalized spacial score (nSPS) is 10.7. The number of sulfonamides is 1. The highest BCUT2D eigenvalue weighted by atomic mass is 32.2. The van der Waals surface area contributed by atoms with Gasteiger partial charge >= 0.3 is 0 Å². The highest BCUT2D eigenvalue weighted by Crippen LogP contribution is 2.08. The molecule has 7 heteroatoms. The summed E-state index contributed by atoms with van der Waals surface area (Å²) in [6.07, 6.45) is -0.238. The van der Waals surface area contributed by atoms with Gasteiger partial charge in [-0.25, -0.2) is 12.8 Å². The summed E-state index contributed by atoms with van der Waals surface area (Å²) in [5.41, 5.74) is 0.275. The fourth-order valence-corrected chi connectivity index (χ4v) is 2.43. The van der Waals surface area contributed by atoms with E-state index in [4.69, 9.17) is 5.26 Å². The number of nitrogens with zero attached hydrogens (tertiary/aromatic N) is 1. The Morgan fingerprint density at radius 1 is 1.37 bits per heavy atom. The molecule has 1 N–H and O–H groups in total. The molecule has 0 aliphatic carbocycles. The third kappa shape index (κ3) is 5.48. The van der Waals surface area contributed by atoms with Crippen molar-refractivity contribution in [3.8, 4) is 6.07 Å². The lowest BCUT2D eigenvalue weighted by Crippen LogP contribution is -2.33. The Bertz CT molecular complexity index is 593. The first-order chi connectivity index (χ1) is 8.94. The Balaban J connectivity index is 2.54. The molecule has 19 heavy (non-hydrogen) atoms. The number of hydrogen-bond donors (Lipinski definition) is 1. The summed E-state index contributed by atoms with van der Waals surface area (Å²) < 4.78 is 38.2. The topological polar surface area (TPSA) is 87.0 Å². The van der Waals surface area contributed by atoms with Crippen LogP contribution in [0.1, 0.15) is 18.4 Å². The number of carbonyl (C=O) groups is 1. The van der Waals surface area contributed by atoms with E-state index in [0.717, 1.165) is 0 Å². The number of hydrogen-bond acceptors (Lipinski definition) is 4. The Morgan fingerprint density at radius 3 is 2.68 bits per heavy atom. The van der Waals surface area contributed by atoms with Crippen LogP contribution in [0.5, 0.6) is 0 Å². The van der Waals surface area contributed by atoms with Gasteiger partial charge in [0, 0.05) is 12.8 Å². The summed E-state index contributed by atoms with van der Waals surface area (Å²) in [5, 5.41) is 8.27. The van der Waals surface area contributed by atoms with E-state index in [2.05, 4.69) is 0 Å². The molecule has 102 valence electrons. The van der Waals surface area contributed by atoms with Gasteiger partial charge in [0.05, 0.1) is 11.8 Å². The largest absolute Gasteiger partial charge is 0.274 e. The first-order valence-corrected chi connectivity index (χ1v) is 7.23. The number of halogens is 1. The second-order valence-electron chi connectivity index (χ2n) is 3.84. The molecule has 0 radical (unpaired) electrons. The van der Waals surface area contributed by atoms with Gasteiger partial charge in [0.15, 0.2) is 0 Å². The van der Waals surface area contributed by atoms with Crippen molar-refractivity contribution >= 4 is 15.9 Å². The van der Waals surface area contributed by atoms with Crippen molar-refractivity contribution in [2.24, 2.45) is 0 Å². The molecular weight excluding hydrogens is 271 g/mol. The number of aryl methyl sites for hydroxylation is 1. The molecule has 1 aromatic carbocycles. The molecule has 0 saturated heterocycles. The number of amides is 1. The van der Waals surface area contributed by atoms with Crippen molar-refractivity contribution in [3.05, 3.63) is 35.6 Å². The molecule has 0 aromatic heterocycles. The third-order valence-electron chi connectivity index (χ3n) is 2.33. The van der Waals surface area contributed by atoms with Crippen LogP contribution in [-0.2, 0) is 21.2 Å². The molecule has 1 rings (SSSR count). The summed E-state index contributed by atoms with van der Waals surface area (Å²) in [7, 11) is -3.80. The maximum Gasteiger partial charge on any atom is 0.235 e. The predicted molar refractivity (Wildman–Crippen MR) is 66.9 cm³/mol. The summed E-state index contributed by atoms with van der Waals surface area (Å²) in [6.45, 7) is 0. The van der Waals surface area contributed by atoms with Crippen molar-refractivity contribution in [1.29, 1.82) is 5.26 Å². The van der Waals surface area contributed by atoms with E-state index in [1.807, 2.05) is 4.72 Å². The van der Waals surface area contributed by atoms with Gasteiger partial charge in [-0.15, -0.1) is 0 Å². The van der Waals surface area contributed by atoms with E-state index < -0.39 is 21.7 Å². The van der Waals surface area contributed by atoms with E-state index in [-0.39, 0.29) is 30.6 Å². The third-order valence-corrected chi connectivity index (χ3v) is 3.61. The van der Waals surface area contributed by atoms with Crippen LogP contribution in [0.3, 0.4) is 0 Å². The maximum absolute atomic E-state index is 13.3. The average molecular weight is 284 g/mol. The fourth-order valence-electron chi connectivity index (χ4n) is 1.39. The Hall–Kier alpha value is -1.94. The molecule has 0 unspecified atom stereocenters. The van der Waals surface area contributed by atoms with Crippen LogP contribution >= 0.6 is 0 Å². The zero-order chi connectivity index (χ0) is 14.3. The van der Waals surface area contributed by atoms with Crippen LogP contribution in [0.25, 0.3) is 0 Å². The summed E-state index contributed by atoms with van der Waals surface area (Å²) in [6, 6.07) is 7.59. The van der Waals surface area contributed by atoms with Gasteiger partial charge in [0.25, 0.3) is 0 Å². The molecule has 0 bridgehead atoms. The second kappa shape index (κ2) is 6.85. The number of benzene rings is 1. The number of carbonyl (C=O) groups excluding carboxylic acids is 1. The van der Waals surface area contributed by atoms with Gasteiger partial charge in [-0.1, -0.05) is 18.2 Å². The molecular formula is C12H13FN2O3S. The minimum atomic E-state index is -3.80. The molecule has 0 heterocycles. The van der Waals surface area contributed by atoms with E-state index in [0.29, 0.717) is 0 Å². The van der Waals surface area contributed by atoms with Crippen molar-refractivity contribution in [1.82, 2.24) is 4.72 Å². The van der Waals surface area contributed by atoms with Crippen LogP contribution in [0.2, 0.25) is 0 Å². The number of nitriles is 1. The fraction of sp³-hybridized carbons (Fsp3) is 0.333. The van der Waals surface area contributed by atoms with Crippen molar-refractivity contribution in [3.63, 3.8) is 0 Å². The lowest BCUT2D eigenvalue weighted by Gasteiger charge is -2.06. The number of rotatable bonds is 6. The van der Waals surface area contributed by atoms with Crippen LogP contribution in [0.15, 0.2) is 24.3 Å². The van der Waals surface area contributed by atoms with Gasteiger partial charge in [0.1, 0.15) is 5.82 Å². The SMILES string of the molecule is N#CCCC(=O)NS(=O)(=O)CCc1ccccc1F. The highest BCUT2D eigenvalue weighted by molar-refractivity contribution is 7.90. The van der Waals surface area contributed by atoms with Crippen molar-refractivity contribution in [2.75, 3.05) is 5.75 Å². The molecule has 5 nitrogen and oxygen atoms in total. The van der Waals surface area contributed by atoms with Crippen LogP contribution in [0, 0.1) is 17.1 Å². The van der Waals surface area contributed by atoms with Crippen molar-refractivity contribution in [2.45, 2.75) is 19.3 Å². The minimum absolute atomic E-state index is 0.0203. The predicted octanol–water partition coefficient (Wildman–Crippen LogP) is 1.12. The van der Waals surface area contributed by atoms with Gasteiger partial charge in [-0.2, -0.15) is 5.26 Å². The molecule has 0 fully saturated rings. The van der Waals surface area contributed by atoms with Gasteiger partial charge in [0.2, 0.25) is 15.9 Å². The van der Waals surface area contributed by atoms with Crippen LogP contribution < -0.4 is 4.72 Å². The molecule has 0 aliphatic rings. The Labute approximate surface area is 111 Å².